The van der Waals surface area contributed by atoms with Crippen LogP contribution in [0.15, 0.2) is 23.7 Å². The number of hydrogen-bond acceptors (Lipinski definition) is 2. The summed E-state index contributed by atoms with van der Waals surface area (Å²) in [6.45, 7) is 1.83. The van der Waals surface area contributed by atoms with Gasteiger partial charge in [0.2, 0.25) is 0 Å². The molecule has 0 unspecified atom stereocenters. The van der Waals surface area contributed by atoms with Crippen LogP contribution in [0.2, 0.25) is 5.02 Å². The van der Waals surface area contributed by atoms with Crippen LogP contribution in [0.25, 0.3) is 10.6 Å². The van der Waals surface area contributed by atoms with E-state index in [0.717, 1.165) is 5.56 Å². The van der Waals surface area contributed by atoms with E-state index < -0.39 is 0 Å². The molecular formula is C10H7ClFNS. The van der Waals surface area contributed by atoms with Crippen LogP contribution in [0.4, 0.5) is 4.39 Å². The third kappa shape index (κ3) is 1.65. The maximum atomic E-state index is 13.6. The zero-order valence-electron chi connectivity index (χ0n) is 7.42. The summed E-state index contributed by atoms with van der Waals surface area (Å²) in [4.78, 5) is 4.07. The Kier molecular flexibility index (Phi) is 2.52. The van der Waals surface area contributed by atoms with Crippen molar-refractivity contribution < 1.29 is 4.39 Å². The van der Waals surface area contributed by atoms with Gasteiger partial charge in [-0.05, 0) is 24.6 Å². The van der Waals surface area contributed by atoms with Crippen molar-refractivity contribution in [3.8, 4) is 10.6 Å². The Balaban J connectivity index is 2.64. The molecule has 14 heavy (non-hydrogen) atoms. The molecule has 0 aliphatic heterocycles. The second kappa shape index (κ2) is 3.67. The summed E-state index contributed by atoms with van der Waals surface area (Å²) in [6.07, 6.45) is 1.66. The van der Waals surface area contributed by atoms with Gasteiger partial charge in [0.15, 0.2) is 0 Å². The Morgan fingerprint density at radius 1 is 1.43 bits per heavy atom. The lowest BCUT2D eigenvalue weighted by atomic mass is 10.1. The van der Waals surface area contributed by atoms with Crippen LogP contribution in [0.3, 0.4) is 0 Å². The van der Waals surface area contributed by atoms with Gasteiger partial charge in [-0.15, -0.1) is 11.3 Å². The third-order valence-corrected chi connectivity index (χ3v) is 2.91. The molecule has 0 fully saturated rings. The van der Waals surface area contributed by atoms with Crippen molar-refractivity contribution >= 4 is 22.9 Å². The van der Waals surface area contributed by atoms with Crippen LogP contribution in [0.1, 0.15) is 5.56 Å². The maximum absolute atomic E-state index is 13.6. The van der Waals surface area contributed by atoms with Gasteiger partial charge in [-0.3, -0.25) is 0 Å². The van der Waals surface area contributed by atoms with Crippen LogP contribution in [0, 0.1) is 12.7 Å². The highest BCUT2D eigenvalue weighted by Crippen LogP contribution is 2.30. The molecule has 0 spiro atoms. The quantitative estimate of drug-likeness (QED) is 0.720. The molecule has 1 heterocycles. The molecule has 0 saturated carbocycles. The lowest BCUT2D eigenvalue weighted by molar-refractivity contribution is 0.630. The molecule has 4 heteroatoms. The second-order valence-electron chi connectivity index (χ2n) is 2.92. The van der Waals surface area contributed by atoms with Gasteiger partial charge in [-0.2, -0.15) is 0 Å². The average molecular weight is 228 g/mol. The summed E-state index contributed by atoms with van der Waals surface area (Å²) in [5, 5.41) is 2.93. The van der Waals surface area contributed by atoms with Crippen LogP contribution in [-0.2, 0) is 0 Å². The molecule has 2 rings (SSSR count). The molecule has 0 atom stereocenters. The lowest BCUT2D eigenvalue weighted by Gasteiger charge is -2.04. The minimum Gasteiger partial charge on any atom is -0.244 e. The first-order valence-corrected chi connectivity index (χ1v) is 5.30. The van der Waals surface area contributed by atoms with Crippen molar-refractivity contribution in [2.45, 2.75) is 6.92 Å². The highest BCUT2D eigenvalue weighted by atomic mass is 35.5. The van der Waals surface area contributed by atoms with Crippen LogP contribution in [0.5, 0.6) is 0 Å². The lowest BCUT2D eigenvalue weighted by Crippen LogP contribution is -1.88. The molecule has 0 aliphatic carbocycles. The number of halogens is 2. The fourth-order valence-electron chi connectivity index (χ4n) is 1.32. The second-order valence-corrected chi connectivity index (χ2v) is 4.25. The molecule has 0 radical (unpaired) electrons. The van der Waals surface area contributed by atoms with Gasteiger partial charge in [0.05, 0.1) is 0 Å². The van der Waals surface area contributed by atoms with E-state index in [0.29, 0.717) is 15.6 Å². The Hall–Kier alpha value is -0.930. The first kappa shape index (κ1) is 9.62. The van der Waals surface area contributed by atoms with Gasteiger partial charge >= 0.3 is 0 Å². The number of aromatic nitrogens is 1. The van der Waals surface area contributed by atoms with Crippen LogP contribution >= 0.6 is 22.9 Å². The molecule has 1 aromatic carbocycles. The van der Waals surface area contributed by atoms with Crippen molar-refractivity contribution in [1.29, 1.82) is 0 Å². The van der Waals surface area contributed by atoms with Crippen molar-refractivity contribution in [3.63, 3.8) is 0 Å². The predicted octanol–water partition coefficient (Wildman–Crippen LogP) is 3.91. The van der Waals surface area contributed by atoms with Gasteiger partial charge in [-0.25, -0.2) is 9.37 Å². The normalized spacial score (nSPS) is 10.5. The van der Waals surface area contributed by atoms with E-state index in [1.807, 2.05) is 12.3 Å². The largest absolute Gasteiger partial charge is 0.244 e. The highest BCUT2D eigenvalue weighted by Gasteiger charge is 2.11. The van der Waals surface area contributed by atoms with E-state index >= 15 is 0 Å². The molecular weight excluding hydrogens is 221 g/mol. The molecule has 1 aromatic heterocycles. The van der Waals surface area contributed by atoms with E-state index in [1.54, 1.807) is 12.3 Å². The topological polar surface area (TPSA) is 12.9 Å². The minimum atomic E-state index is -0.315. The van der Waals surface area contributed by atoms with Crippen molar-refractivity contribution in [2.75, 3.05) is 0 Å². The summed E-state index contributed by atoms with van der Waals surface area (Å²) in [6, 6.07) is 3.05. The monoisotopic (exact) mass is 227 g/mol. The molecule has 2 aromatic rings. The average Bonchev–Trinajstić information content (AvgIpc) is 2.54. The van der Waals surface area contributed by atoms with E-state index in [2.05, 4.69) is 4.98 Å². The number of benzene rings is 1. The number of nitrogens with zero attached hydrogens (tertiary/aromatic N) is 1. The van der Waals surface area contributed by atoms with Gasteiger partial charge in [0, 0.05) is 22.2 Å². The summed E-state index contributed by atoms with van der Waals surface area (Å²) in [5.74, 6) is -0.315. The van der Waals surface area contributed by atoms with E-state index in [4.69, 9.17) is 11.6 Å². The zero-order valence-corrected chi connectivity index (χ0v) is 8.99. The highest BCUT2D eigenvalue weighted by molar-refractivity contribution is 7.13. The SMILES string of the molecule is Cc1cc(Cl)cc(F)c1-c1nccs1. The summed E-state index contributed by atoms with van der Waals surface area (Å²) in [7, 11) is 0. The van der Waals surface area contributed by atoms with E-state index in [-0.39, 0.29) is 5.82 Å². The number of thiazole rings is 1. The van der Waals surface area contributed by atoms with Crippen molar-refractivity contribution in [1.82, 2.24) is 4.98 Å². The van der Waals surface area contributed by atoms with E-state index in [1.165, 1.54) is 17.4 Å². The molecule has 0 amide bonds. The Labute approximate surface area is 90.2 Å². The van der Waals surface area contributed by atoms with Gasteiger partial charge in [-0.1, -0.05) is 11.6 Å². The molecule has 0 bridgehead atoms. The Morgan fingerprint density at radius 2 is 2.21 bits per heavy atom. The first-order chi connectivity index (χ1) is 6.68. The fourth-order valence-corrected chi connectivity index (χ4v) is 2.33. The van der Waals surface area contributed by atoms with Gasteiger partial charge in [0.1, 0.15) is 10.8 Å². The number of hydrogen-bond donors (Lipinski definition) is 0. The zero-order chi connectivity index (χ0) is 10.1. The summed E-state index contributed by atoms with van der Waals surface area (Å²) in [5.41, 5.74) is 1.36. The smallest absolute Gasteiger partial charge is 0.135 e. The molecule has 72 valence electrons. The number of aryl methyl sites for hydroxylation is 1. The van der Waals surface area contributed by atoms with Crippen LogP contribution < -0.4 is 0 Å². The van der Waals surface area contributed by atoms with E-state index in [9.17, 15) is 4.39 Å². The predicted molar refractivity (Wildman–Crippen MR) is 57.3 cm³/mol. The summed E-state index contributed by atoms with van der Waals surface area (Å²) >= 11 is 7.14. The Bertz CT molecular complexity index is 430. The fraction of sp³-hybridized carbons (Fsp3) is 0.100. The van der Waals surface area contributed by atoms with Crippen LogP contribution in [-0.4, -0.2) is 4.98 Å². The molecule has 0 saturated heterocycles. The number of rotatable bonds is 1. The third-order valence-electron chi connectivity index (χ3n) is 1.90. The summed E-state index contributed by atoms with van der Waals surface area (Å²) < 4.78 is 13.6. The first-order valence-electron chi connectivity index (χ1n) is 4.04. The minimum absolute atomic E-state index is 0.315. The molecule has 0 aliphatic rings. The standard InChI is InChI=1S/C10H7ClFNS/c1-6-4-7(11)5-8(12)9(6)10-13-2-3-14-10/h2-5H,1H3. The molecule has 0 N–H and O–H groups in total. The Morgan fingerprint density at radius 3 is 2.79 bits per heavy atom. The van der Waals surface area contributed by atoms with Crippen molar-refractivity contribution in [3.05, 3.63) is 40.1 Å². The van der Waals surface area contributed by atoms with Crippen molar-refractivity contribution in [2.24, 2.45) is 0 Å². The maximum Gasteiger partial charge on any atom is 0.135 e. The van der Waals surface area contributed by atoms with Gasteiger partial charge < -0.3 is 0 Å². The molecule has 1 nitrogen and oxygen atoms in total. The van der Waals surface area contributed by atoms with Gasteiger partial charge in [0.25, 0.3) is 0 Å².